The van der Waals surface area contributed by atoms with Crippen LogP contribution in [0.5, 0.6) is 0 Å². The van der Waals surface area contributed by atoms with E-state index in [0.29, 0.717) is 6.61 Å². The third kappa shape index (κ3) is 7.71. The normalized spacial score (nSPS) is 7.90. The molecule has 10 heavy (non-hydrogen) atoms. The van der Waals surface area contributed by atoms with E-state index >= 15 is 0 Å². The van der Waals surface area contributed by atoms with E-state index in [1.165, 1.54) is 0 Å². The molecular formula is C4H10KNO2S2. The fourth-order valence-electron chi connectivity index (χ4n) is 0.247. The van der Waals surface area contributed by atoms with E-state index in [-0.39, 0.29) is 52.8 Å². The minimum Gasteiger partial charge on any atom is -1.00 e. The number of nitrogens with zero attached hydrogens (tertiary/aromatic N) is 1. The Labute approximate surface area is 116 Å². The Bertz CT molecular complexity index is 106. The van der Waals surface area contributed by atoms with E-state index in [9.17, 15) is 4.79 Å². The van der Waals surface area contributed by atoms with Gasteiger partial charge in [-0.05, 0) is 32.1 Å². The molecule has 0 atom stereocenters. The molecule has 56 valence electrons. The molecule has 6 heteroatoms. The molecule has 0 saturated heterocycles. The summed E-state index contributed by atoms with van der Waals surface area (Å²) in [5.74, 6) is 0. The Kier molecular flexibility index (Phi) is 12.3. The van der Waals surface area contributed by atoms with Crippen LogP contribution < -0.4 is 51.4 Å². The van der Waals surface area contributed by atoms with Gasteiger partial charge in [-0.2, -0.15) is 3.71 Å². The van der Waals surface area contributed by atoms with E-state index in [0.717, 1.165) is 10.1 Å². The second-order valence-corrected chi connectivity index (χ2v) is 2.52. The Morgan fingerprint density at radius 2 is 2.20 bits per heavy atom. The van der Waals surface area contributed by atoms with E-state index < -0.39 is 6.09 Å². The summed E-state index contributed by atoms with van der Waals surface area (Å²) in [6, 6.07) is 0. The van der Waals surface area contributed by atoms with Gasteiger partial charge in [0.15, 0.2) is 0 Å². The first-order valence-electron chi connectivity index (χ1n) is 2.53. The predicted octanol–water partition coefficient (Wildman–Crippen LogP) is -1.36. The van der Waals surface area contributed by atoms with Crippen LogP contribution in [0.2, 0.25) is 0 Å². The molecule has 0 aliphatic carbocycles. The molecule has 1 amide bonds. The van der Waals surface area contributed by atoms with Crippen LogP contribution in [0.4, 0.5) is 4.79 Å². The second-order valence-electron chi connectivity index (χ2n) is 1.40. The van der Waals surface area contributed by atoms with E-state index in [1.807, 2.05) is 6.92 Å². The first-order valence-corrected chi connectivity index (χ1v) is 3.33. The van der Waals surface area contributed by atoms with Crippen LogP contribution in [0.25, 0.3) is 0 Å². The maximum Gasteiger partial charge on any atom is 1.00 e. The average molecular weight is 207 g/mol. The zero-order valence-corrected chi connectivity index (χ0v) is 11.0. The van der Waals surface area contributed by atoms with Crippen molar-refractivity contribution in [2.24, 2.45) is 0 Å². The van der Waals surface area contributed by atoms with Gasteiger partial charge in [0.2, 0.25) is 0 Å². The first-order chi connectivity index (χ1) is 4.18. The van der Waals surface area contributed by atoms with Gasteiger partial charge in [-0.15, -0.1) is 0 Å². The zero-order chi connectivity index (χ0) is 7.28. The Morgan fingerprint density at radius 3 is 2.50 bits per heavy atom. The molecule has 0 N–H and O–H groups in total. The number of hydrogen-bond donors (Lipinski definition) is 2. The van der Waals surface area contributed by atoms with Gasteiger partial charge in [0.05, 0.1) is 6.61 Å². The van der Waals surface area contributed by atoms with Gasteiger partial charge >= 0.3 is 57.5 Å². The van der Waals surface area contributed by atoms with Gasteiger partial charge in [-0.3, -0.25) is 0 Å². The van der Waals surface area contributed by atoms with Crippen LogP contribution in [0, 0.1) is 0 Å². The molecule has 0 aliphatic heterocycles. The summed E-state index contributed by atoms with van der Waals surface area (Å²) in [4.78, 5) is 10.5. The van der Waals surface area contributed by atoms with Crippen molar-refractivity contribution < 1.29 is 62.3 Å². The number of hydrogen-bond acceptors (Lipinski definition) is 4. The zero-order valence-electron chi connectivity index (χ0n) is 7.07. The quantitative estimate of drug-likeness (QED) is 0.433. The van der Waals surface area contributed by atoms with E-state index in [1.54, 1.807) is 0 Å². The minimum absolute atomic E-state index is 0. The first kappa shape index (κ1) is 14.1. The fraction of sp³-hybridized carbons (Fsp3) is 0.750. The molecule has 0 aromatic heterocycles. The SMILES string of the molecule is CCCOC(=O)N(S)S.[H-].[K+]. The molecule has 0 spiro atoms. The standard InChI is InChI=1S/C4H9NO2S2.K.H/c1-2-3-7-4(6)5(8)9;;/h8-9H,2-3H2,1H3;;/q;+1;-1. The summed E-state index contributed by atoms with van der Waals surface area (Å²) in [6.07, 6.45) is 0.268. The van der Waals surface area contributed by atoms with Crippen LogP contribution in [-0.2, 0) is 4.74 Å². The smallest absolute Gasteiger partial charge is 1.00 e. The Hall–Kier alpha value is 1.61. The third-order valence-corrected chi connectivity index (χ3v) is 0.920. The Morgan fingerprint density at radius 1 is 1.70 bits per heavy atom. The molecule has 0 fully saturated rings. The van der Waals surface area contributed by atoms with Gasteiger partial charge in [0, 0.05) is 0 Å². The number of ether oxygens (including phenoxy) is 1. The molecular weight excluding hydrogens is 197 g/mol. The van der Waals surface area contributed by atoms with Crippen molar-refractivity contribution in [2.75, 3.05) is 6.61 Å². The van der Waals surface area contributed by atoms with Crippen molar-refractivity contribution in [2.45, 2.75) is 13.3 Å². The third-order valence-electron chi connectivity index (χ3n) is 0.593. The fourth-order valence-corrected chi connectivity index (χ4v) is 0.363. The number of rotatable bonds is 2. The molecule has 3 nitrogen and oxygen atoms in total. The summed E-state index contributed by atoms with van der Waals surface area (Å²) in [5.41, 5.74) is 0. The number of carbonyl (C=O) groups is 1. The largest absolute Gasteiger partial charge is 1.00 e. The second kappa shape index (κ2) is 8.70. The maximum atomic E-state index is 10.5. The average Bonchev–Trinajstić information content (AvgIpc) is 1.82. The molecule has 0 aliphatic rings. The summed E-state index contributed by atoms with van der Waals surface area (Å²) < 4.78 is 5.39. The summed E-state index contributed by atoms with van der Waals surface area (Å²) in [7, 11) is 0. The molecule has 0 aromatic rings. The van der Waals surface area contributed by atoms with Crippen LogP contribution in [-0.4, -0.2) is 16.4 Å². The topological polar surface area (TPSA) is 29.5 Å². The van der Waals surface area contributed by atoms with Crippen molar-refractivity contribution >= 4 is 31.7 Å². The number of carbonyl (C=O) groups excluding carboxylic acids is 1. The summed E-state index contributed by atoms with van der Waals surface area (Å²) in [6.45, 7) is 2.32. The van der Waals surface area contributed by atoms with E-state index in [4.69, 9.17) is 0 Å². The summed E-state index contributed by atoms with van der Waals surface area (Å²) in [5, 5.41) is 0. The van der Waals surface area contributed by atoms with Gasteiger partial charge < -0.3 is 6.16 Å². The van der Waals surface area contributed by atoms with Crippen molar-refractivity contribution in [1.82, 2.24) is 3.71 Å². The van der Waals surface area contributed by atoms with Crippen LogP contribution in [0.3, 0.4) is 0 Å². The molecule has 0 rings (SSSR count). The minimum atomic E-state index is -0.538. The van der Waals surface area contributed by atoms with E-state index in [2.05, 4.69) is 30.4 Å². The van der Waals surface area contributed by atoms with Crippen molar-refractivity contribution in [3.05, 3.63) is 0 Å². The molecule has 0 unspecified atom stereocenters. The van der Waals surface area contributed by atoms with Gasteiger partial charge in [0.25, 0.3) is 0 Å². The number of amides is 1. The number of thiol groups is 2. The molecule has 0 heterocycles. The monoisotopic (exact) mass is 207 g/mol. The maximum absolute atomic E-state index is 10.5. The van der Waals surface area contributed by atoms with Crippen LogP contribution in [0.15, 0.2) is 0 Å². The summed E-state index contributed by atoms with van der Waals surface area (Å²) >= 11 is 7.18. The molecule has 0 radical (unpaired) electrons. The van der Waals surface area contributed by atoms with Gasteiger partial charge in [-0.25, -0.2) is 4.79 Å². The molecule has 0 saturated carbocycles. The molecule has 0 aromatic carbocycles. The van der Waals surface area contributed by atoms with Gasteiger partial charge in [0.1, 0.15) is 0 Å². The van der Waals surface area contributed by atoms with Crippen molar-refractivity contribution in [3.63, 3.8) is 0 Å². The molecule has 0 bridgehead atoms. The predicted molar refractivity (Wildman–Crippen MR) is 42.6 cm³/mol. The Balaban J connectivity index is -0.000000320. The van der Waals surface area contributed by atoms with Crippen LogP contribution >= 0.6 is 25.6 Å². The van der Waals surface area contributed by atoms with Gasteiger partial charge in [-0.1, -0.05) is 6.92 Å². The van der Waals surface area contributed by atoms with Crippen molar-refractivity contribution in [3.8, 4) is 0 Å². The van der Waals surface area contributed by atoms with Crippen LogP contribution in [0.1, 0.15) is 14.8 Å². The van der Waals surface area contributed by atoms with Crippen molar-refractivity contribution in [1.29, 1.82) is 0 Å².